The van der Waals surface area contributed by atoms with Crippen LogP contribution >= 0.6 is 22.9 Å². The van der Waals surface area contributed by atoms with Crippen LogP contribution in [0.4, 0.5) is 0 Å². The van der Waals surface area contributed by atoms with Crippen LogP contribution in [0.5, 0.6) is 0 Å². The van der Waals surface area contributed by atoms with Crippen LogP contribution in [0, 0.1) is 0 Å². The number of hydrogen-bond donors (Lipinski definition) is 1. The summed E-state index contributed by atoms with van der Waals surface area (Å²) in [6.45, 7) is 6.16. The minimum absolute atomic E-state index is 0.254. The van der Waals surface area contributed by atoms with Gasteiger partial charge in [-0.1, -0.05) is 11.6 Å². The normalized spacial score (nSPS) is 19.1. The smallest absolute Gasteiger partial charge is 0.183 e. The molecule has 90 valence electrons. The Morgan fingerprint density at radius 1 is 1.31 bits per heavy atom. The summed E-state index contributed by atoms with van der Waals surface area (Å²) in [5.74, 6) is 0. The molecule has 0 atom stereocenters. The fourth-order valence-corrected chi connectivity index (χ4v) is 2.91. The second kappa shape index (κ2) is 5.93. The summed E-state index contributed by atoms with van der Waals surface area (Å²) >= 11 is 7.35. The Labute approximate surface area is 104 Å². The largest absolute Gasteiger partial charge is 0.395 e. The molecule has 1 aliphatic heterocycles. The number of β-amino-alcohol motifs (C(OH)–C–C–N with tert-alkyl or cyclic N) is 1. The van der Waals surface area contributed by atoms with Crippen LogP contribution in [0.15, 0.2) is 6.20 Å². The van der Waals surface area contributed by atoms with E-state index in [1.807, 2.05) is 6.20 Å². The van der Waals surface area contributed by atoms with E-state index in [-0.39, 0.29) is 6.61 Å². The molecular weight excluding hydrogens is 246 g/mol. The van der Waals surface area contributed by atoms with Crippen molar-refractivity contribution in [1.82, 2.24) is 14.8 Å². The van der Waals surface area contributed by atoms with Crippen molar-refractivity contribution in [2.24, 2.45) is 0 Å². The van der Waals surface area contributed by atoms with Crippen LogP contribution in [-0.4, -0.2) is 59.2 Å². The van der Waals surface area contributed by atoms with E-state index in [4.69, 9.17) is 16.7 Å². The first-order valence-corrected chi connectivity index (χ1v) is 6.63. The monoisotopic (exact) mass is 261 g/mol. The molecule has 1 aliphatic rings. The van der Waals surface area contributed by atoms with E-state index in [1.165, 1.54) is 4.88 Å². The Kier molecular flexibility index (Phi) is 4.55. The Morgan fingerprint density at radius 3 is 2.56 bits per heavy atom. The fraction of sp³-hybridized carbons (Fsp3) is 0.700. The van der Waals surface area contributed by atoms with Gasteiger partial charge in [0.1, 0.15) is 0 Å². The van der Waals surface area contributed by atoms with Crippen molar-refractivity contribution >= 4 is 22.9 Å². The van der Waals surface area contributed by atoms with Gasteiger partial charge in [-0.3, -0.25) is 9.80 Å². The summed E-state index contributed by atoms with van der Waals surface area (Å²) in [6, 6.07) is 0. The number of hydrogen-bond acceptors (Lipinski definition) is 5. The van der Waals surface area contributed by atoms with Crippen LogP contribution in [-0.2, 0) is 6.54 Å². The Morgan fingerprint density at radius 2 is 2.00 bits per heavy atom. The van der Waals surface area contributed by atoms with E-state index in [9.17, 15) is 0 Å². The second-order valence-corrected chi connectivity index (χ2v) is 5.62. The van der Waals surface area contributed by atoms with Crippen molar-refractivity contribution in [2.45, 2.75) is 6.54 Å². The summed E-state index contributed by atoms with van der Waals surface area (Å²) in [7, 11) is 0. The van der Waals surface area contributed by atoms with E-state index in [2.05, 4.69) is 14.8 Å². The van der Waals surface area contributed by atoms with Crippen LogP contribution in [0.2, 0.25) is 4.47 Å². The van der Waals surface area contributed by atoms with Crippen molar-refractivity contribution < 1.29 is 5.11 Å². The lowest BCUT2D eigenvalue weighted by atomic mass is 10.3. The quantitative estimate of drug-likeness (QED) is 0.875. The number of nitrogens with zero attached hydrogens (tertiary/aromatic N) is 3. The van der Waals surface area contributed by atoms with Gasteiger partial charge in [-0.25, -0.2) is 4.98 Å². The summed E-state index contributed by atoms with van der Waals surface area (Å²) < 4.78 is 0.619. The van der Waals surface area contributed by atoms with Crippen molar-refractivity contribution in [3.8, 4) is 0 Å². The van der Waals surface area contributed by atoms with Gasteiger partial charge >= 0.3 is 0 Å². The zero-order valence-corrected chi connectivity index (χ0v) is 10.7. The van der Waals surface area contributed by atoms with Gasteiger partial charge in [0.25, 0.3) is 0 Å². The van der Waals surface area contributed by atoms with E-state index >= 15 is 0 Å². The van der Waals surface area contributed by atoms with Crippen molar-refractivity contribution in [2.75, 3.05) is 39.3 Å². The van der Waals surface area contributed by atoms with Crippen LogP contribution < -0.4 is 0 Å². The van der Waals surface area contributed by atoms with Crippen molar-refractivity contribution in [3.63, 3.8) is 0 Å². The standard InChI is InChI=1S/C10H16ClN3OS/c11-10-12-7-9(16-10)8-14-3-1-13(2-4-14)5-6-15/h7,15H,1-6,8H2. The van der Waals surface area contributed by atoms with Crippen molar-refractivity contribution in [3.05, 3.63) is 15.5 Å². The van der Waals surface area contributed by atoms with E-state index in [1.54, 1.807) is 11.3 Å². The number of aliphatic hydroxyl groups is 1. The predicted molar refractivity (Wildman–Crippen MR) is 65.9 cm³/mol. The molecular formula is C10H16ClN3OS. The van der Waals surface area contributed by atoms with Gasteiger partial charge in [-0.05, 0) is 0 Å². The third kappa shape index (κ3) is 3.40. The van der Waals surface area contributed by atoms with Crippen LogP contribution in [0.1, 0.15) is 4.88 Å². The third-order valence-corrected chi connectivity index (χ3v) is 3.89. The molecule has 2 rings (SSSR count). The predicted octanol–water partition coefficient (Wildman–Crippen LogP) is 0.906. The number of piperazine rings is 1. The zero-order chi connectivity index (χ0) is 11.4. The Bertz CT molecular complexity index is 326. The van der Waals surface area contributed by atoms with E-state index < -0.39 is 0 Å². The van der Waals surface area contributed by atoms with E-state index in [0.717, 1.165) is 39.3 Å². The number of thiazole rings is 1. The number of aromatic nitrogens is 1. The van der Waals surface area contributed by atoms with E-state index in [0.29, 0.717) is 4.47 Å². The third-order valence-electron chi connectivity index (χ3n) is 2.79. The summed E-state index contributed by atoms with van der Waals surface area (Å²) in [5.41, 5.74) is 0. The highest BCUT2D eigenvalue weighted by atomic mass is 35.5. The average Bonchev–Trinajstić information content (AvgIpc) is 2.67. The molecule has 0 amide bonds. The van der Waals surface area contributed by atoms with Gasteiger partial charge in [-0.2, -0.15) is 0 Å². The Balaban J connectivity index is 1.77. The van der Waals surface area contributed by atoms with Gasteiger partial charge in [-0.15, -0.1) is 11.3 Å². The summed E-state index contributed by atoms with van der Waals surface area (Å²) in [4.78, 5) is 9.95. The molecule has 0 aromatic carbocycles. The van der Waals surface area contributed by atoms with Gasteiger partial charge in [0.15, 0.2) is 4.47 Å². The number of rotatable bonds is 4. The molecule has 1 aromatic heterocycles. The Hall–Kier alpha value is -0.200. The molecule has 6 heteroatoms. The zero-order valence-electron chi connectivity index (χ0n) is 9.10. The topological polar surface area (TPSA) is 39.6 Å². The first-order chi connectivity index (χ1) is 7.78. The van der Waals surface area contributed by atoms with Crippen LogP contribution in [0.25, 0.3) is 0 Å². The molecule has 0 aliphatic carbocycles. The molecule has 1 fully saturated rings. The maximum absolute atomic E-state index is 8.85. The molecule has 0 spiro atoms. The molecule has 1 saturated heterocycles. The minimum Gasteiger partial charge on any atom is -0.395 e. The molecule has 0 unspecified atom stereocenters. The second-order valence-electron chi connectivity index (χ2n) is 3.92. The molecule has 0 saturated carbocycles. The molecule has 4 nitrogen and oxygen atoms in total. The van der Waals surface area contributed by atoms with Crippen LogP contribution in [0.3, 0.4) is 0 Å². The molecule has 1 aromatic rings. The SMILES string of the molecule is OCCN1CCN(Cc2cnc(Cl)s2)CC1. The minimum atomic E-state index is 0.254. The number of halogens is 1. The highest BCUT2D eigenvalue weighted by Gasteiger charge is 2.16. The lowest BCUT2D eigenvalue weighted by Crippen LogP contribution is -2.46. The first kappa shape index (κ1) is 12.3. The molecule has 16 heavy (non-hydrogen) atoms. The first-order valence-electron chi connectivity index (χ1n) is 5.43. The molecule has 1 N–H and O–H groups in total. The fourth-order valence-electron chi connectivity index (χ4n) is 1.89. The lowest BCUT2D eigenvalue weighted by molar-refractivity contribution is 0.109. The highest BCUT2D eigenvalue weighted by Crippen LogP contribution is 2.19. The molecule has 2 heterocycles. The molecule has 0 radical (unpaired) electrons. The van der Waals surface area contributed by atoms with Gasteiger partial charge in [0, 0.05) is 50.3 Å². The average molecular weight is 262 g/mol. The maximum atomic E-state index is 8.85. The molecule has 0 bridgehead atoms. The summed E-state index contributed by atoms with van der Waals surface area (Å²) in [6.07, 6.45) is 1.85. The highest BCUT2D eigenvalue weighted by molar-refractivity contribution is 7.15. The summed E-state index contributed by atoms with van der Waals surface area (Å²) in [5, 5.41) is 8.85. The maximum Gasteiger partial charge on any atom is 0.183 e. The van der Waals surface area contributed by atoms with Gasteiger partial charge in [0.05, 0.1) is 6.61 Å². The number of aliphatic hydroxyl groups excluding tert-OH is 1. The lowest BCUT2D eigenvalue weighted by Gasteiger charge is -2.33. The van der Waals surface area contributed by atoms with Crippen molar-refractivity contribution in [1.29, 1.82) is 0 Å². The van der Waals surface area contributed by atoms with Gasteiger partial charge in [0.2, 0.25) is 0 Å². The van der Waals surface area contributed by atoms with Gasteiger partial charge < -0.3 is 5.11 Å².